The molecule has 2 heteroatoms. The highest BCUT2D eigenvalue weighted by Crippen LogP contribution is 2.04. The van der Waals surface area contributed by atoms with Crippen molar-refractivity contribution >= 4 is 0 Å². The second-order valence-electron chi connectivity index (χ2n) is 3.23. The Kier molecular flexibility index (Phi) is 5.51. The van der Waals surface area contributed by atoms with Crippen LogP contribution in [0.4, 0.5) is 0 Å². The second-order valence-corrected chi connectivity index (χ2v) is 3.23. The first kappa shape index (κ1) is 10.9. The summed E-state index contributed by atoms with van der Waals surface area (Å²) in [7, 11) is 1.75. The van der Waals surface area contributed by atoms with Gasteiger partial charge in [0.05, 0.1) is 6.61 Å². The lowest BCUT2D eigenvalue weighted by Crippen LogP contribution is -2.40. The number of rotatable bonds is 5. The fraction of sp³-hybridized carbons (Fsp3) is 1.00. The molecule has 0 unspecified atom stereocenters. The molecule has 0 aromatic rings. The SMILES string of the molecule is CCN(C(C)C)[C@H](C)COC. The molecule has 0 aliphatic rings. The van der Waals surface area contributed by atoms with Crippen molar-refractivity contribution in [2.45, 2.75) is 39.8 Å². The van der Waals surface area contributed by atoms with Crippen molar-refractivity contribution < 1.29 is 4.74 Å². The van der Waals surface area contributed by atoms with Gasteiger partial charge < -0.3 is 4.74 Å². The van der Waals surface area contributed by atoms with E-state index in [1.165, 1.54) is 0 Å². The first-order chi connectivity index (χ1) is 5.13. The lowest BCUT2D eigenvalue weighted by molar-refractivity contribution is 0.0835. The summed E-state index contributed by atoms with van der Waals surface area (Å²) in [6.45, 7) is 10.7. The van der Waals surface area contributed by atoms with E-state index in [1.54, 1.807) is 7.11 Å². The first-order valence-electron chi connectivity index (χ1n) is 4.38. The van der Waals surface area contributed by atoms with Crippen LogP contribution < -0.4 is 0 Å². The molecule has 0 aromatic heterocycles. The Hall–Kier alpha value is -0.0800. The van der Waals surface area contributed by atoms with Crippen LogP contribution in [0, 0.1) is 0 Å². The number of nitrogens with zero attached hydrogens (tertiary/aromatic N) is 1. The van der Waals surface area contributed by atoms with Crippen molar-refractivity contribution in [3.05, 3.63) is 0 Å². The van der Waals surface area contributed by atoms with Crippen molar-refractivity contribution in [2.24, 2.45) is 0 Å². The molecule has 0 aliphatic heterocycles. The molecule has 0 saturated heterocycles. The number of likely N-dealkylation sites (N-methyl/N-ethyl adjacent to an activating group) is 1. The summed E-state index contributed by atoms with van der Waals surface area (Å²) in [5, 5.41) is 0. The molecule has 0 rings (SSSR count). The molecule has 0 heterocycles. The molecule has 0 spiro atoms. The maximum Gasteiger partial charge on any atom is 0.0615 e. The minimum Gasteiger partial charge on any atom is -0.383 e. The van der Waals surface area contributed by atoms with Crippen LogP contribution in [0.3, 0.4) is 0 Å². The van der Waals surface area contributed by atoms with Gasteiger partial charge in [-0.05, 0) is 27.3 Å². The normalized spacial score (nSPS) is 14.5. The molecule has 0 saturated carbocycles. The summed E-state index contributed by atoms with van der Waals surface area (Å²) in [6.07, 6.45) is 0. The zero-order chi connectivity index (χ0) is 8.85. The summed E-state index contributed by atoms with van der Waals surface area (Å²) in [6, 6.07) is 1.15. The molecular formula is C9H21NO. The molecule has 0 amide bonds. The van der Waals surface area contributed by atoms with Gasteiger partial charge in [-0.15, -0.1) is 0 Å². The Morgan fingerprint density at radius 2 is 1.82 bits per heavy atom. The number of methoxy groups -OCH3 is 1. The second kappa shape index (κ2) is 5.56. The summed E-state index contributed by atoms with van der Waals surface area (Å²) < 4.78 is 5.09. The third-order valence-electron chi connectivity index (χ3n) is 2.00. The molecule has 11 heavy (non-hydrogen) atoms. The van der Waals surface area contributed by atoms with E-state index in [9.17, 15) is 0 Å². The van der Waals surface area contributed by atoms with Gasteiger partial charge in [0.1, 0.15) is 0 Å². The molecule has 0 radical (unpaired) electrons. The van der Waals surface area contributed by atoms with E-state index in [-0.39, 0.29) is 0 Å². The van der Waals surface area contributed by atoms with Crippen LogP contribution in [0.25, 0.3) is 0 Å². The molecule has 0 aliphatic carbocycles. The lowest BCUT2D eigenvalue weighted by Gasteiger charge is -2.30. The summed E-state index contributed by atoms with van der Waals surface area (Å²) >= 11 is 0. The fourth-order valence-electron chi connectivity index (χ4n) is 1.52. The fourth-order valence-corrected chi connectivity index (χ4v) is 1.52. The molecule has 0 fully saturated rings. The average Bonchev–Trinajstić information content (AvgIpc) is 1.88. The van der Waals surface area contributed by atoms with Gasteiger partial charge in [-0.25, -0.2) is 0 Å². The van der Waals surface area contributed by atoms with Gasteiger partial charge in [-0.1, -0.05) is 6.92 Å². The van der Waals surface area contributed by atoms with E-state index in [0.29, 0.717) is 12.1 Å². The van der Waals surface area contributed by atoms with E-state index >= 15 is 0 Å². The highest BCUT2D eigenvalue weighted by atomic mass is 16.5. The Balaban J connectivity index is 3.81. The molecule has 0 aromatic carbocycles. The summed E-state index contributed by atoms with van der Waals surface area (Å²) in [5.41, 5.74) is 0. The summed E-state index contributed by atoms with van der Waals surface area (Å²) in [5.74, 6) is 0. The topological polar surface area (TPSA) is 12.5 Å². The highest BCUT2D eigenvalue weighted by molar-refractivity contribution is 4.68. The molecule has 1 atom stereocenters. The van der Waals surface area contributed by atoms with E-state index in [2.05, 4.69) is 32.6 Å². The van der Waals surface area contributed by atoms with Crippen molar-refractivity contribution in [2.75, 3.05) is 20.3 Å². The monoisotopic (exact) mass is 159 g/mol. The molecular weight excluding hydrogens is 138 g/mol. The molecule has 0 N–H and O–H groups in total. The van der Waals surface area contributed by atoms with Crippen LogP contribution in [-0.2, 0) is 4.74 Å². The Morgan fingerprint density at radius 3 is 2.09 bits per heavy atom. The minimum absolute atomic E-state index is 0.532. The maximum absolute atomic E-state index is 5.09. The zero-order valence-electron chi connectivity index (χ0n) is 8.42. The van der Waals surface area contributed by atoms with Crippen LogP contribution in [0.2, 0.25) is 0 Å². The smallest absolute Gasteiger partial charge is 0.0615 e. The maximum atomic E-state index is 5.09. The van der Waals surface area contributed by atoms with Crippen molar-refractivity contribution in [1.29, 1.82) is 0 Å². The number of hydrogen-bond acceptors (Lipinski definition) is 2. The van der Waals surface area contributed by atoms with Crippen LogP contribution in [0.5, 0.6) is 0 Å². The first-order valence-corrected chi connectivity index (χ1v) is 4.38. The van der Waals surface area contributed by atoms with E-state index < -0.39 is 0 Å². The third kappa shape index (κ3) is 3.73. The van der Waals surface area contributed by atoms with Gasteiger partial charge in [0, 0.05) is 19.2 Å². The predicted molar refractivity (Wildman–Crippen MR) is 48.9 cm³/mol. The minimum atomic E-state index is 0.532. The Labute approximate surface area is 70.5 Å². The van der Waals surface area contributed by atoms with Crippen LogP contribution in [-0.4, -0.2) is 37.2 Å². The van der Waals surface area contributed by atoms with Gasteiger partial charge in [0.25, 0.3) is 0 Å². The average molecular weight is 159 g/mol. The van der Waals surface area contributed by atoms with Crippen molar-refractivity contribution in [3.63, 3.8) is 0 Å². The molecule has 68 valence electrons. The van der Waals surface area contributed by atoms with Crippen LogP contribution in [0.1, 0.15) is 27.7 Å². The molecule has 0 bridgehead atoms. The Bertz CT molecular complexity index is 93.6. The van der Waals surface area contributed by atoms with Gasteiger partial charge in [-0.2, -0.15) is 0 Å². The van der Waals surface area contributed by atoms with Crippen molar-refractivity contribution in [3.8, 4) is 0 Å². The van der Waals surface area contributed by atoms with Gasteiger partial charge in [0.15, 0.2) is 0 Å². The Morgan fingerprint density at radius 1 is 1.27 bits per heavy atom. The molecule has 2 nitrogen and oxygen atoms in total. The van der Waals surface area contributed by atoms with Crippen LogP contribution in [0.15, 0.2) is 0 Å². The number of ether oxygens (including phenoxy) is 1. The lowest BCUT2D eigenvalue weighted by atomic mass is 10.2. The van der Waals surface area contributed by atoms with Crippen molar-refractivity contribution in [1.82, 2.24) is 4.90 Å². The standard InChI is InChI=1S/C9H21NO/c1-6-10(8(2)3)9(4)7-11-5/h8-9H,6-7H2,1-5H3/t9-/m1/s1. The highest BCUT2D eigenvalue weighted by Gasteiger charge is 2.13. The largest absolute Gasteiger partial charge is 0.383 e. The van der Waals surface area contributed by atoms with Gasteiger partial charge >= 0.3 is 0 Å². The third-order valence-corrected chi connectivity index (χ3v) is 2.00. The predicted octanol–water partition coefficient (Wildman–Crippen LogP) is 1.75. The number of hydrogen-bond donors (Lipinski definition) is 0. The van der Waals surface area contributed by atoms with Gasteiger partial charge in [0.2, 0.25) is 0 Å². The van der Waals surface area contributed by atoms with E-state index in [0.717, 1.165) is 13.2 Å². The quantitative estimate of drug-likeness (QED) is 0.606. The zero-order valence-corrected chi connectivity index (χ0v) is 8.42. The van der Waals surface area contributed by atoms with E-state index in [4.69, 9.17) is 4.74 Å². The van der Waals surface area contributed by atoms with E-state index in [1.807, 2.05) is 0 Å². The van der Waals surface area contributed by atoms with Crippen LogP contribution >= 0.6 is 0 Å². The summed E-state index contributed by atoms with van der Waals surface area (Å²) in [4.78, 5) is 2.42. The van der Waals surface area contributed by atoms with Gasteiger partial charge in [-0.3, -0.25) is 4.90 Å².